The maximum absolute atomic E-state index is 14.9. The van der Waals surface area contributed by atoms with Gasteiger partial charge in [-0.1, -0.05) is 0 Å². The topological polar surface area (TPSA) is 106 Å². The summed E-state index contributed by atoms with van der Waals surface area (Å²) in [6.45, 7) is 1.59. The smallest absolute Gasteiger partial charge is 0.321 e. The molecular formula is C27H15Br2F7N4O2. The summed E-state index contributed by atoms with van der Waals surface area (Å²) in [7, 11) is 0. The molecule has 1 atom stereocenters. The quantitative estimate of drug-likeness (QED) is 0.250. The molecule has 3 aromatic carbocycles. The van der Waals surface area contributed by atoms with E-state index in [2.05, 4.69) is 42.5 Å². The van der Waals surface area contributed by atoms with E-state index >= 15 is 0 Å². The molecule has 0 aliphatic heterocycles. The molecule has 6 nitrogen and oxygen atoms in total. The normalized spacial score (nSPS) is 13.0. The van der Waals surface area contributed by atoms with E-state index in [1.807, 2.05) is 12.1 Å². The maximum atomic E-state index is 14.9. The largest absolute Gasteiger partial charge is 0.427 e. The summed E-state index contributed by atoms with van der Waals surface area (Å²) >= 11 is 5.74. The molecule has 3 rings (SSSR count). The third-order valence-corrected chi connectivity index (χ3v) is 7.13. The monoisotopic (exact) mass is 718 g/mol. The van der Waals surface area contributed by atoms with Gasteiger partial charge in [0.25, 0.3) is 11.8 Å². The SMILES string of the molecule is Cc1cc(C#N)ccc1C(=O)Nc1cc(C(=O)Nc2c(Br)cc(C(F)(CC(F)(F)F)C(F)(F)F)cc2Br)ccc1C#N. The number of aryl methyl sites for hydroxylation is 1. The molecule has 0 bridgehead atoms. The predicted octanol–water partition coefficient (Wildman–Crippen LogP) is 8.45. The van der Waals surface area contributed by atoms with Crippen LogP contribution in [-0.4, -0.2) is 24.2 Å². The highest BCUT2D eigenvalue weighted by Crippen LogP contribution is 2.51. The Kier molecular flexibility index (Phi) is 9.39. The number of carbonyl (C=O) groups excluding carboxylic acids is 2. The summed E-state index contributed by atoms with van der Waals surface area (Å²) in [6.07, 6.45) is -14.2. The van der Waals surface area contributed by atoms with Gasteiger partial charge in [0.1, 0.15) is 6.07 Å². The van der Waals surface area contributed by atoms with Crippen LogP contribution < -0.4 is 10.6 Å². The number of benzene rings is 3. The third-order valence-electron chi connectivity index (χ3n) is 5.88. The van der Waals surface area contributed by atoms with Gasteiger partial charge in [0, 0.05) is 25.6 Å². The highest BCUT2D eigenvalue weighted by Gasteiger charge is 2.62. The standard InChI is InChI=1S/C27H15Br2F7N4O2/c1-13-6-14(10-37)2-5-18(13)24(42)39-21-7-15(3-4-16(21)11-38)23(41)40-22-19(28)8-17(9-20(22)29)25(30,27(34,35)36)12-26(31,32)33/h2-9H,12H2,1H3,(H,39,42)(H,40,41). The van der Waals surface area contributed by atoms with Crippen molar-refractivity contribution in [1.29, 1.82) is 10.5 Å². The summed E-state index contributed by atoms with van der Waals surface area (Å²) in [6, 6.07) is 12.6. The second-order valence-electron chi connectivity index (χ2n) is 8.83. The molecule has 1 unspecified atom stereocenters. The molecule has 2 N–H and O–H groups in total. The summed E-state index contributed by atoms with van der Waals surface area (Å²) in [5, 5.41) is 23.3. The fraction of sp³-hybridized carbons (Fsp3) is 0.185. The average Bonchev–Trinajstić information content (AvgIpc) is 2.88. The zero-order chi connectivity index (χ0) is 31.6. The number of nitrogens with one attached hydrogen (secondary N) is 2. The van der Waals surface area contributed by atoms with Crippen molar-refractivity contribution >= 4 is 55.0 Å². The van der Waals surface area contributed by atoms with E-state index in [4.69, 9.17) is 5.26 Å². The van der Waals surface area contributed by atoms with E-state index in [-0.39, 0.29) is 37.0 Å². The maximum Gasteiger partial charge on any atom is 0.427 e. The number of nitrogens with zero attached hydrogens (tertiary/aromatic N) is 2. The second-order valence-corrected chi connectivity index (χ2v) is 10.5. The first kappa shape index (κ1) is 32.6. The molecule has 2 amide bonds. The van der Waals surface area contributed by atoms with E-state index in [1.165, 1.54) is 30.3 Å². The minimum Gasteiger partial charge on any atom is -0.321 e. The van der Waals surface area contributed by atoms with Gasteiger partial charge in [-0.15, -0.1) is 0 Å². The average molecular weight is 720 g/mol. The molecule has 0 aliphatic rings. The number of alkyl halides is 7. The molecule has 0 aliphatic carbocycles. The van der Waals surface area contributed by atoms with Crippen LogP contribution in [-0.2, 0) is 5.67 Å². The highest BCUT2D eigenvalue weighted by molar-refractivity contribution is 9.11. The zero-order valence-electron chi connectivity index (χ0n) is 20.9. The third kappa shape index (κ3) is 7.09. The molecule has 0 aromatic heterocycles. The number of amides is 2. The van der Waals surface area contributed by atoms with Crippen molar-refractivity contribution in [2.45, 2.75) is 31.4 Å². The van der Waals surface area contributed by atoms with Crippen LogP contribution in [0.25, 0.3) is 0 Å². The van der Waals surface area contributed by atoms with E-state index < -0.39 is 41.8 Å². The molecule has 218 valence electrons. The van der Waals surface area contributed by atoms with Crippen molar-refractivity contribution in [2.75, 3.05) is 10.6 Å². The summed E-state index contributed by atoms with van der Waals surface area (Å²) in [5.41, 5.74) is -5.59. The molecular weight excluding hydrogens is 705 g/mol. The van der Waals surface area contributed by atoms with Gasteiger partial charge in [0.2, 0.25) is 5.67 Å². The van der Waals surface area contributed by atoms with Gasteiger partial charge in [-0.3, -0.25) is 9.59 Å². The lowest BCUT2D eigenvalue weighted by atomic mass is 9.91. The van der Waals surface area contributed by atoms with Gasteiger partial charge in [0.15, 0.2) is 0 Å². The van der Waals surface area contributed by atoms with Crippen LogP contribution in [0.1, 0.15) is 49.4 Å². The molecule has 0 fully saturated rings. The van der Waals surface area contributed by atoms with Crippen LogP contribution in [0.4, 0.5) is 42.1 Å². The zero-order valence-corrected chi connectivity index (χ0v) is 24.1. The molecule has 0 heterocycles. The number of hydrogen-bond acceptors (Lipinski definition) is 4. The molecule has 0 radical (unpaired) electrons. The second kappa shape index (κ2) is 12.1. The first-order valence-electron chi connectivity index (χ1n) is 11.4. The Morgan fingerprint density at radius 2 is 1.45 bits per heavy atom. The molecule has 3 aromatic rings. The number of halogens is 9. The molecule has 42 heavy (non-hydrogen) atoms. The Balaban J connectivity index is 1.93. The van der Waals surface area contributed by atoms with Crippen LogP contribution in [0.2, 0.25) is 0 Å². The van der Waals surface area contributed by atoms with Gasteiger partial charge in [-0.2, -0.15) is 36.9 Å². The molecule has 0 spiro atoms. The van der Waals surface area contributed by atoms with E-state index in [0.29, 0.717) is 23.3 Å². The fourth-order valence-corrected chi connectivity index (χ4v) is 5.20. The Hall–Kier alpha value is -3.95. The highest BCUT2D eigenvalue weighted by atomic mass is 79.9. The first-order valence-corrected chi connectivity index (χ1v) is 13.0. The Morgan fingerprint density at radius 3 is 1.95 bits per heavy atom. The van der Waals surface area contributed by atoms with Crippen molar-refractivity contribution in [1.82, 2.24) is 0 Å². The van der Waals surface area contributed by atoms with E-state index in [9.17, 15) is 45.6 Å². The van der Waals surface area contributed by atoms with Crippen molar-refractivity contribution in [2.24, 2.45) is 0 Å². The Morgan fingerprint density at radius 1 is 0.833 bits per heavy atom. The van der Waals surface area contributed by atoms with Gasteiger partial charge >= 0.3 is 12.4 Å². The predicted molar refractivity (Wildman–Crippen MR) is 144 cm³/mol. The van der Waals surface area contributed by atoms with E-state index in [1.54, 1.807) is 6.92 Å². The van der Waals surface area contributed by atoms with Crippen molar-refractivity contribution < 1.29 is 40.3 Å². The number of carbonyl (C=O) groups is 2. The summed E-state index contributed by atoms with van der Waals surface area (Å²) in [5.74, 6) is -1.54. The van der Waals surface area contributed by atoms with Crippen LogP contribution in [0, 0.1) is 29.6 Å². The number of anilines is 2. The molecule has 0 saturated heterocycles. The summed E-state index contributed by atoms with van der Waals surface area (Å²) in [4.78, 5) is 25.8. The van der Waals surface area contributed by atoms with Gasteiger partial charge in [-0.25, -0.2) is 4.39 Å². The minimum atomic E-state index is -5.91. The van der Waals surface area contributed by atoms with Gasteiger partial charge < -0.3 is 10.6 Å². The van der Waals surface area contributed by atoms with Crippen molar-refractivity contribution in [3.8, 4) is 12.1 Å². The van der Waals surface area contributed by atoms with Crippen LogP contribution >= 0.6 is 31.9 Å². The minimum absolute atomic E-state index is 0.0194. The number of rotatable bonds is 6. The Bertz CT molecular complexity index is 1640. The lowest BCUT2D eigenvalue weighted by molar-refractivity contribution is -0.273. The van der Waals surface area contributed by atoms with Gasteiger partial charge in [0.05, 0.1) is 35.0 Å². The number of nitriles is 2. The van der Waals surface area contributed by atoms with E-state index in [0.717, 1.165) is 6.07 Å². The van der Waals surface area contributed by atoms with Crippen LogP contribution in [0.15, 0.2) is 57.5 Å². The van der Waals surface area contributed by atoms with Crippen molar-refractivity contribution in [3.63, 3.8) is 0 Å². The summed E-state index contributed by atoms with van der Waals surface area (Å²) < 4.78 is 93.0. The van der Waals surface area contributed by atoms with Crippen LogP contribution in [0.3, 0.4) is 0 Å². The van der Waals surface area contributed by atoms with Gasteiger partial charge in [-0.05, 0) is 92.9 Å². The lowest BCUT2D eigenvalue weighted by Crippen LogP contribution is -2.42. The van der Waals surface area contributed by atoms with Crippen molar-refractivity contribution in [3.05, 3.63) is 90.9 Å². The first-order chi connectivity index (χ1) is 19.4. The fourth-order valence-electron chi connectivity index (χ4n) is 3.81. The Labute approximate surface area is 250 Å². The number of hydrogen-bond donors (Lipinski definition) is 2. The lowest BCUT2D eigenvalue weighted by Gasteiger charge is -2.30. The molecule has 15 heteroatoms. The van der Waals surface area contributed by atoms with Crippen LogP contribution in [0.5, 0.6) is 0 Å². The molecule has 0 saturated carbocycles.